The third-order valence-corrected chi connectivity index (χ3v) is 2.75. The number of hydrogen-bond acceptors (Lipinski definition) is 0. The first-order chi connectivity index (χ1) is 7.60. The van der Waals surface area contributed by atoms with Gasteiger partial charge in [-0.1, -0.05) is 33.3 Å². The molecule has 0 spiro atoms. The van der Waals surface area contributed by atoms with Crippen molar-refractivity contribution in [3.8, 4) is 0 Å². The van der Waals surface area contributed by atoms with Crippen molar-refractivity contribution in [1.29, 1.82) is 0 Å². The Bertz CT molecular complexity index is 345. The van der Waals surface area contributed by atoms with Crippen molar-refractivity contribution in [2.45, 2.75) is 46.5 Å². The molecule has 0 fully saturated rings. The van der Waals surface area contributed by atoms with Crippen LogP contribution < -0.4 is 0 Å². The molecule has 0 saturated heterocycles. The Kier molecular flexibility index (Phi) is 4.91. The van der Waals surface area contributed by atoms with Crippen molar-refractivity contribution >= 4 is 0 Å². The van der Waals surface area contributed by atoms with Crippen molar-refractivity contribution in [1.82, 2.24) is 0 Å². The molecule has 0 radical (unpaired) electrons. The van der Waals surface area contributed by atoms with Gasteiger partial charge in [-0.05, 0) is 42.4 Å². The van der Waals surface area contributed by atoms with Gasteiger partial charge in [0.2, 0.25) is 0 Å². The van der Waals surface area contributed by atoms with Crippen LogP contribution in [-0.2, 0) is 12.8 Å². The zero-order chi connectivity index (χ0) is 12.1. The van der Waals surface area contributed by atoms with Crippen LogP contribution in [0.1, 0.15) is 44.7 Å². The van der Waals surface area contributed by atoms with Crippen molar-refractivity contribution in [3.63, 3.8) is 0 Å². The third kappa shape index (κ3) is 3.03. The van der Waals surface area contributed by atoms with Gasteiger partial charge < -0.3 is 0 Å². The van der Waals surface area contributed by atoms with E-state index in [2.05, 4.69) is 20.8 Å². The molecule has 0 bridgehead atoms. The molecule has 0 N–H and O–H groups in total. The molecule has 0 heterocycles. The van der Waals surface area contributed by atoms with Gasteiger partial charge in [-0.3, -0.25) is 0 Å². The van der Waals surface area contributed by atoms with Crippen LogP contribution in [-0.4, -0.2) is 0 Å². The summed E-state index contributed by atoms with van der Waals surface area (Å²) in [5, 5.41) is 0. The largest absolute Gasteiger partial charge is 0.204 e. The highest BCUT2D eigenvalue weighted by Crippen LogP contribution is 2.28. The molecule has 1 atom stereocenters. The molecule has 0 aliphatic heterocycles. The fourth-order valence-electron chi connectivity index (χ4n) is 1.96. The molecule has 1 aliphatic rings. The standard InChI is InChI=1S/C11H12F2.C3H8/c1-7-2-4-9-8(6-7)3-5-10(12)11(9)13;1-3-2/h3,5,7H,2,4,6H2,1H3;3H2,1-2H3/t7-;/m1./s1. The lowest BCUT2D eigenvalue weighted by Gasteiger charge is -2.21. The van der Waals surface area contributed by atoms with E-state index in [0.717, 1.165) is 18.4 Å². The van der Waals surface area contributed by atoms with E-state index in [9.17, 15) is 8.78 Å². The van der Waals surface area contributed by atoms with Gasteiger partial charge in [-0.15, -0.1) is 0 Å². The maximum atomic E-state index is 13.2. The lowest BCUT2D eigenvalue weighted by molar-refractivity contribution is 0.454. The second kappa shape index (κ2) is 5.97. The lowest BCUT2D eigenvalue weighted by Crippen LogP contribution is -2.13. The molecule has 0 aromatic heterocycles. The maximum absolute atomic E-state index is 13.2. The summed E-state index contributed by atoms with van der Waals surface area (Å²) < 4.78 is 26.1. The van der Waals surface area contributed by atoms with Gasteiger partial charge in [0, 0.05) is 0 Å². The summed E-state index contributed by atoms with van der Waals surface area (Å²) in [5.41, 5.74) is 1.58. The van der Waals surface area contributed by atoms with E-state index >= 15 is 0 Å². The predicted molar refractivity (Wildman–Crippen MR) is 63.5 cm³/mol. The van der Waals surface area contributed by atoms with Crippen LogP contribution >= 0.6 is 0 Å². The first kappa shape index (κ1) is 13.1. The van der Waals surface area contributed by atoms with Crippen LogP contribution in [0.15, 0.2) is 12.1 Å². The van der Waals surface area contributed by atoms with E-state index in [4.69, 9.17) is 0 Å². The average molecular weight is 226 g/mol. The van der Waals surface area contributed by atoms with Gasteiger partial charge in [0.15, 0.2) is 11.6 Å². The third-order valence-electron chi connectivity index (χ3n) is 2.75. The monoisotopic (exact) mass is 226 g/mol. The highest BCUT2D eigenvalue weighted by molar-refractivity contribution is 5.31. The van der Waals surface area contributed by atoms with E-state index in [1.165, 1.54) is 12.5 Å². The normalized spacial score (nSPS) is 18.4. The minimum Gasteiger partial charge on any atom is -0.204 e. The summed E-state index contributed by atoms with van der Waals surface area (Å²) in [7, 11) is 0. The van der Waals surface area contributed by atoms with Crippen LogP contribution in [0.3, 0.4) is 0 Å². The zero-order valence-electron chi connectivity index (χ0n) is 10.3. The summed E-state index contributed by atoms with van der Waals surface area (Å²) in [6, 6.07) is 2.94. The Hall–Kier alpha value is -0.920. The fourth-order valence-corrected chi connectivity index (χ4v) is 1.96. The van der Waals surface area contributed by atoms with Gasteiger partial charge in [0.05, 0.1) is 0 Å². The summed E-state index contributed by atoms with van der Waals surface area (Å²) in [4.78, 5) is 0. The topological polar surface area (TPSA) is 0 Å². The second-order valence-electron chi connectivity index (χ2n) is 4.55. The Balaban J connectivity index is 0.000000386. The summed E-state index contributed by atoms with van der Waals surface area (Å²) in [6.45, 7) is 6.39. The second-order valence-corrected chi connectivity index (χ2v) is 4.55. The Morgan fingerprint density at radius 1 is 1.25 bits per heavy atom. The molecular weight excluding hydrogens is 206 g/mol. The van der Waals surface area contributed by atoms with E-state index < -0.39 is 11.6 Å². The Morgan fingerprint density at radius 2 is 1.88 bits per heavy atom. The van der Waals surface area contributed by atoms with E-state index in [-0.39, 0.29) is 0 Å². The van der Waals surface area contributed by atoms with Crippen LogP contribution in [0, 0.1) is 17.6 Å². The summed E-state index contributed by atoms with van der Waals surface area (Å²) >= 11 is 0. The van der Waals surface area contributed by atoms with Gasteiger partial charge in [-0.2, -0.15) is 0 Å². The maximum Gasteiger partial charge on any atom is 0.162 e. The van der Waals surface area contributed by atoms with E-state index in [1.54, 1.807) is 6.07 Å². The molecular formula is C14H20F2. The zero-order valence-corrected chi connectivity index (χ0v) is 10.3. The Morgan fingerprint density at radius 3 is 2.50 bits per heavy atom. The molecule has 90 valence electrons. The first-order valence-corrected chi connectivity index (χ1v) is 6.05. The minimum atomic E-state index is -0.715. The molecule has 1 aliphatic carbocycles. The average Bonchev–Trinajstić information content (AvgIpc) is 2.25. The van der Waals surface area contributed by atoms with Crippen molar-refractivity contribution in [2.75, 3.05) is 0 Å². The molecule has 2 heteroatoms. The van der Waals surface area contributed by atoms with Crippen LogP contribution in [0.5, 0.6) is 0 Å². The quantitative estimate of drug-likeness (QED) is 0.610. The Labute approximate surface area is 96.7 Å². The molecule has 0 amide bonds. The number of benzene rings is 1. The van der Waals surface area contributed by atoms with Gasteiger partial charge in [0.1, 0.15) is 0 Å². The summed E-state index contributed by atoms with van der Waals surface area (Å²) in [5.74, 6) is -0.755. The number of hydrogen-bond donors (Lipinski definition) is 0. The number of fused-ring (bicyclic) bond motifs is 1. The van der Waals surface area contributed by atoms with Gasteiger partial charge >= 0.3 is 0 Å². The molecule has 1 aromatic carbocycles. The van der Waals surface area contributed by atoms with E-state index in [1.807, 2.05) is 0 Å². The number of halogens is 2. The molecule has 2 rings (SSSR count). The van der Waals surface area contributed by atoms with Crippen LogP contribution in [0.25, 0.3) is 0 Å². The number of rotatable bonds is 0. The molecule has 0 saturated carbocycles. The van der Waals surface area contributed by atoms with Crippen LogP contribution in [0.2, 0.25) is 0 Å². The van der Waals surface area contributed by atoms with E-state index in [0.29, 0.717) is 17.9 Å². The lowest BCUT2D eigenvalue weighted by atomic mass is 9.85. The predicted octanol–water partition coefficient (Wildman–Crippen LogP) is 4.51. The van der Waals surface area contributed by atoms with Gasteiger partial charge in [-0.25, -0.2) is 8.78 Å². The van der Waals surface area contributed by atoms with Crippen molar-refractivity contribution in [3.05, 3.63) is 34.9 Å². The van der Waals surface area contributed by atoms with Crippen LogP contribution in [0.4, 0.5) is 8.78 Å². The van der Waals surface area contributed by atoms with Gasteiger partial charge in [0.25, 0.3) is 0 Å². The smallest absolute Gasteiger partial charge is 0.162 e. The van der Waals surface area contributed by atoms with Crippen molar-refractivity contribution in [2.24, 2.45) is 5.92 Å². The molecule has 0 unspecified atom stereocenters. The fraction of sp³-hybridized carbons (Fsp3) is 0.571. The minimum absolute atomic E-state index is 0.595. The molecule has 16 heavy (non-hydrogen) atoms. The highest BCUT2D eigenvalue weighted by atomic mass is 19.2. The van der Waals surface area contributed by atoms with Crippen molar-refractivity contribution < 1.29 is 8.78 Å². The first-order valence-electron chi connectivity index (χ1n) is 6.05. The SMILES string of the molecule is CCC.C[C@@H]1CCc2c(ccc(F)c2F)C1. The molecule has 1 aromatic rings. The highest BCUT2D eigenvalue weighted by Gasteiger charge is 2.19. The summed E-state index contributed by atoms with van der Waals surface area (Å²) in [6.07, 6.45) is 3.78. The molecule has 0 nitrogen and oxygen atoms in total.